The molecule has 0 heterocycles. The van der Waals surface area contributed by atoms with E-state index in [0.29, 0.717) is 17.4 Å². The van der Waals surface area contributed by atoms with Crippen molar-refractivity contribution in [3.05, 3.63) is 85.1 Å². The van der Waals surface area contributed by atoms with E-state index in [9.17, 15) is 19.4 Å². The van der Waals surface area contributed by atoms with Crippen LogP contribution in [0.15, 0.2) is 85.1 Å². The number of phosphoric ester groups is 1. The van der Waals surface area contributed by atoms with Crippen LogP contribution in [0.1, 0.15) is 239 Å². The molecule has 0 saturated carbocycles. The fourth-order valence-electron chi connectivity index (χ4n) is 7.88. The number of nitrogens with one attached hydrogen (secondary N) is 1. The Balaban J connectivity index is 4.33. The van der Waals surface area contributed by atoms with Gasteiger partial charge in [-0.1, -0.05) is 234 Å². The van der Waals surface area contributed by atoms with E-state index in [4.69, 9.17) is 9.05 Å². The Morgan fingerprint density at radius 3 is 1.35 bits per heavy atom. The predicted molar refractivity (Wildman–Crippen MR) is 297 cm³/mol. The van der Waals surface area contributed by atoms with Crippen LogP contribution in [0.3, 0.4) is 0 Å². The number of aliphatic hydroxyl groups excluding tert-OH is 1. The van der Waals surface area contributed by atoms with Gasteiger partial charge < -0.3 is 28.8 Å². The Kier molecular flexibility index (Phi) is 48.9. The molecule has 2 N–H and O–H groups in total. The molecule has 0 bridgehead atoms. The number of carbonyl (C=O) groups is 1. The summed E-state index contributed by atoms with van der Waals surface area (Å²) in [5, 5.41) is 13.9. The third-order valence-electron chi connectivity index (χ3n) is 12.3. The van der Waals surface area contributed by atoms with Gasteiger partial charge in [0.1, 0.15) is 13.2 Å². The monoisotopic (exact) mass is 985 g/mol. The maximum absolute atomic E-state index is 12.9. The van der Waals surface area contributed by atoms with Crippen molar-refractivity contribution in [2.24, 2.45) is 0 Å². The summed E-state index contributed by atoms with van der Waals surface area (Å²) in [6.45, 7) is 4.51. The second-order valence-corrected chi connectivity index (χ2v) is 21.7. The number of amides is 1. The van der Waals surface area contributed by atoms with Crippen LogP contribution in [0.25, 0.3) is 0 Å². The third kappa shape index (κ3) is 53.3. The van der Waals surface area contributed by atoms with Gasteiger partial charge in [0, 0.05) is 6.42 Å². The second-order valence-electron chi connectivity index (χ2n) is 20.2. The standard InChI is InChI=1S/C60H109N2O6P/c1-6-8-10-12-14-16-18-20-22-24-26-28-29-30-31-32-34-35-37-39-41-43-45-47-49-51-53-59(63)58(57-68-69(65,66)67-56-55-62(3,4)5)61-60(64)54-52-50-48-46-44-42-40-38-36-33-27-25-23-21-19-17-15-13-11-9-7-2/h9,11,15,17,21,23,27,33,35,37,43,45,51,53,58-59,63H,6-8,10,12-14,16,18-20,22,24-26,28-32,34,36,38-42,44,46-50,52,54-57H2,1-5H3,(H-,61,64,65,66)/b11-9-,17-15-,23-21-,33-27-,37-35+,45-43+,53-51+. The van der Waals surface area contributed by atoms with Crippen LogP contribution in [0, 0.1) is 0 Å². The molecular formula is C60H109N2O6P. The molecule has 0 aromatic heterocycles. The number of hydrogen-bond acceptors (Lipinski definition) is 6. The fourth-order valence-corrected chi connectivity index (χ4v) is 8.61. The molecule has 0 rings (SSSR count). The average Bonchev–Trinajstić information content (AvgIpc) is 3.31. The van der Waals surface area contributed by atoms with Crippen molar-refractivity contribution in [3.63, 3.8) is 0 Å². The molecule has 8 nitrogen and oxygen atoms in total. The van der Waals surface area contributed by atoms with Crippen LogP contribution >= 0.6 is 7.82 Å². The van der Waals surface area contributed by atoms with Crippen LogP contribution in [0.2, 0.25) is 0 Å². The van der Waals surface area contributed by atoms with Gasteiger partial charge in [0.2, 0.25) is 5.91 Å². The van der Waals surface area contributed by atoms with Crippen molar-refractivity contribution in [1.82, 2.24) is 5.32 Å². The molecule has 0 spiro atoms. The minimum atomic E-state index is -4.62. The Morgan fingerprint density at radius 2 is 0.899 bits per heavy atom. The summed E-state index contributed by atoms with van der Waals surface area (Å²) in [4.78, 5) is 25.5. The summed E-state index contributed by atoms with van der Waals surface area (Å²) in [5.41, 5.74) is 0. The van der Waals surface area contributed by atoms with E-state index in [1.807, 2.05) is 27.2 Å². The molecule has 9 heteroatoms. The first-order chi connectivity index (χ1) is 33.5. The van der Waals surface area contributed by atoms with Gasteiger partial charge in [-0.25, -0.2) is 0 Å². The van der Waals surface area contributed by atoms with Crippen molar-refractivity contribution in [1.29, 1.82) is 0 Å². The topological polar surface area (TPSA) is 108 Å². The smallest absolute Gasteiger partial charge is 0.268 e. The maximum Gasteiger partial charge on any atom is 0.268 e. The van der Waals surface area contributed by atoms with Crippen LogP contribution in [-0.2, 0) is 18.4 Å². The van der Waals surface area contributed by atoms with E-state index in [1.54, 1.807) is 6.08 Å². The summed E-state index contributed by atoms with van der Waals surface area (Å²) in [7, 11) is 1.22. The number of likely N-dealkylation sites (N-methyl/N-ethyl adjacent to an activating group) is 1. The lowest BCUT2D eigenvalue weighted by Gasteiger charge is -2.29. The first-order valence-corrected chi connectivity index (χ1v) is 29.9. The van der Waals surface area contributed by atoms with E-state index < -0.39 is 26.6 Å². The fraction of sp³-hybridized carbons (Fsp3) is 0.750. The summed E-state index contributed by atoms with van der Waals surface area (Å²) >= 11 is 0. The minimum Gasteiger partial charge on any atom is -0.756 e. The highest BCUT2D eigenvalue weighted by Crippen LogP contribution is 2.38. The maximum atomic E-state index is 12.9. The molecule has 400 valence electrons. The van der Waals surface area contributed by atoms with Crippen LogP contribution in [-0.4, -0.2) is 68.5 Å². The van der Waals surface area contributed by atoms with Crippen molar-refractivity contribution < 1.29 is 32.9 Å². The Bertz CT molecular complexity index is 1400. The van der Waals surface area contributed by atoms with Crippen molar-refractivity contribution in [3.8, 4) is 0 Å². The third-order valence-corrected chi connectivity index (χ3v) is 13.3. The minimum absolute atomic E-state index is 0.0147. The summed E-state index contributed by atoms with van der Waals surface area (Å²) in [5.74, 6) is -0.222. The largest absolute Gasteiger partial charge is 0.756 e. The van der Waals surface area contributed by atoms with E-state index in [1.165, 1.54) is 135 Å². The number of rotatable bonds is 51. The average molecular weight is 986 g/mol. The number of nitrogens with zero attached hydrogens (tertiary/aromatic N) is 1. The normalized spacial score (nSPS) is 14.6. The number of quaternary nitrogens is 1. The first kappa shape index (κ1) is 66.7. The van der Waals surface area contributed by atoms with E-state index in [2.05, 4.69) is 92.1 Å². The molecule has 0 aliphatic carbocycles. The quantitative estimate of drug-likeness (QED) is 0.0272. The van der Waals surface area contributed by atoms with Crippen LogP contribution < -0.4 is 10.2 Å². The molecule has 0 saturated heterocycles. The molecule has 3 unspecified atom stereocenters. The number of unbranched alkanes of at least 4 members (excludes halogenated alkanes) is 26. The highest BCUT2D eigenvalue weighted by Gasteiger charge is 2.23. The van der Waals surface area contributed by atoms with Gasteiger partial charge in [0.05, 0.1) is 39.9 Å². The highest BCUT2D eigenvalue weighted by atomic mass is 31.2. The molecule has 0 radical (unpaired) electrons. The van der Waals surface area contributed by atoms with Crippen molar-refractivity contribution in [2.45, 2.75) is 251 Å². The molecule has 69 heavy (non-hydrogen) atoms. The highest BCUT2D eigenvalue weighted by molar-refractivity contribution is 7.45. The van der Waals surface area contributed by atoms with Gasteiger partial charge >= 0.3 is 0 Å². The molecule has 0 aromatic carbocycles. The number of allylic oxidation sites excluding steroid dienone is 13. The molecular weight excluding hydrogens is 876 g/mol. The first-order valence-electron chi connectivity index (χ1n) is 28.4. The summed E-state index contributed by atoms with van der Waals surface area (Å²) in [6, 6.07) is -0.920. The number of hydrogen-bond donors (Lipinski definition) is 2. The van der Waals surface area contributed by atoms with Crippen molar-refractivity contribution >= 4 is 13.7 Å². The predicted octanol–water partition coefficient (Wildman–Crippen LogP) is 16.6. The SMILES string of the molecule is CC/C=C\C/C=C\C/C=C\C/C=C\CCCCCCCCCCC(=O)NC(COP(=O)([O-])OCC[N+](C)(C)C)C(O)/C=C/CC/C=C/CC/C=C/CCCCCCCCCCCCCCCCCC. The van der Waals surface area contributed by atoms with E-state index in [0.717, 1.165) is 83.5 Å². The molecule has 0 aliphatic heterocycles. The Morgan fingerprint density at radius 1 is 0.522 bits per heavy atom. The molecule has 0 fully saturated rings. The van der Waals surface area contributed by atoms with Gasteiger partial charge in [0.15, 0.2) is 0 Å². The Hall–Kier alpha value is -2.32. The van der Waals surface area contributed by atoms with Crippen LogP contribution in [0.5, 0.6) is 0 Å². The van der Waals surface area contributed by atoms with Crippen LogP contribution in [0.4, 0.5) is 0 Å². The number of carbonyl (C=O) groups excluding carboxylic acids is 1. The zero-order chi connectivity index (χ0) is 50.6. The van der Waals surface area contributed by atoms with E-state index in [-0.39, 0.29) is 12.5 Å². The van der Waals surface area contributed by atoms with E-state index >= 15 is 0 Å². The molecule has 0 aromatic rings. The molecule has 0 aliphatic rings. The van der Waals surface area contributed by atoms with Crippen molar-refractivity contribution in [2.75, 3.05) is 40.9 Å². The lowest BCUT2D eigenvalue weighted by atomic mass is 10.0. The lowest BCUT2D eigenvalue weighted by molar-refractivity contribution is -0.870. The van der Waals surface area contributed by atoms with Gasteiger partial charge in [-0.15, -0.1) is 0 Å². The van der Waals surface area contributed by atoms with Gasteiger partial charge in [-0.3, -0.25) is 9.36 Å². The zero-order valence-corrected chi connectivity index (χ0v) is 46.4. The molecule has 1 amide bonds. The Labute approximate surface area is 426 Å². The van der Waals surface area contributed by atoms with Gasteiger partial charge in [-0.05, 0) is 83.5 Å². The second kappa shape index (κ2) is 50.6. The van der Waals surface area contributed by atoms with Gasteiger partial charge in [0.25, 0.3) is 7.82 Å². The summed E-state index contributed by atoms with van der Waals surface area (Å²) in [6.07, 6.45) is 70.9. The molecule has 3 atom stereocenters. The zero-order valence-electron chi connectivity index (χ0n) is 45.5. The van der Waals surface area contributed by atoms with Gasteiger partial charge in [-0.2, -0.15) is 0 Å². The number of aliphatic hydroxyl groups is 1. The number of phosphoric acid groups is 1. The summed E-state index contributed by atoms with van der Waals surface area (Å²) < 4.78 is 23.3. The lowest BCUT2D eigenvalue weighted by Crippen LogP contribution is -2.45.